The Bertz CT molecular complexity index is 986. The number of hydrogen-bond acceptors (Lipinski definition) is 4. The van der Waals surface area contributed by atoms with E-state index in [4.69, 9.17) is 17.3 Å². The highest BCUT2D eigenvalue weighted by Crippen LogP contribution is 2.23. The molecule has 2 aromatic carbocycles. The summed E-state index contributed by atoms with van der Waals surface area (Å²) >= 11 is 7.10. The van der Waals surface area contributed by atoms with Gasteiger partial charge >= 0.3 is 0 Å². The van der Waals surface area contributed by atoms with Gasteiger partial charge in [0, 0.05) is 5.02 Å². The molecule has 5 nitrogen and oxygen atoms in total. The van der Waals surface area contributed by atoms with Gasteiger partial charge in [-0.1, -0.05) is 47.6 Å². The minimum absolute atomic E-state index is 0.153. The molecule has 0 aliphatic rings. The molecular weight excluding hydrogens is 358 g/mol. The molecule has 0 aliphatic heterocycles. The number of carbonyl (C=O) groups is 1. The van der Waals surface area contributed by atoms with Gasteiger partial charge in [0.05, 0.1) is 22.7 Å². The molecule has 0 spiro atoms. The molecule has 128 valence electrons. The number of nitrogens with two attached hydrogens (primary N) is 1. The molecule has 0 saturated carbocycles. The van der Waals surface area contributed by atoms with Gasteiger partial charge in [-0.3, -0.25) is 14.2 Å². The average Bonchev–Trinajstić information content (AvgIpc) is 2.60. The van der Waals surface area contributed by atoms with Crippen molar-refractivity contribution in [1.29, 1.82) is 0 Å². The molecule has 7 heteroatoms. The van der Waals surface area contributed by atoms with E-state index >= 15 is 0 Å². The minimum atomic E-state index is -0.496. The van der Waals surface area contributed by atoms with Crippen molar-refractivity contribution in [1.82, 2.24) is 9.55 Å². The van der Waals surface area contributed by atoms with Crippen molar-refractivity contribution in [2.75, 3.05) is 0 Å². The Kier molecular flexibility index (Phi) is 5.11. The maximum atomic E-state index is 12.9. The van der Waals surface area contributed by atoms with Crippen LogP contribution >= 0.6 is 23.4 Å². The molecule has 0 bridgehead atoms. The van der Waals surface area contributed by atoms with Gasteiger partial charge in [-0.05, 0) is 36.8 Å². The minimum Gasteiger partial charge on any atom is -0.369 e. The molecule has 3 aromatic rings. The number of benzene rings is 2. The molecule has 0 unspecified atom stereocenters. The number of para-hydroxylation sites is 1. The predicted molar refractivity (Wildman–Crippen MR) is 101 cm³/mol. The van der Waals surface area contributed by atoms with Gasteiger partial charge < -0.3 is 5.73 Å². The van der Waals surface area contributed by atoms with E-state index in [1.807, 2.05) is 18.2 Å². The van der Waals surface area contributed by atoms with Crippen molar-refractivity contribution in [3.05, 3.63) is 69.5 Å². The summed E-state index contributed by atoms with van der Waals surface area (Å²) in [7, 11) is 0. The Morgan fingerprint density at radius 3 is 2.60 bits per heavy atom. The maximum Gasteiger partial charge on any atom is 0.262 e. The lowest BCUT2D eigenvalue weighted by atomic mass is 10.2. The summed E-state index contributed by atoms with van der Waals surface area (Å²) in [6.45, 7) is 2.03. The number of thioether (sulfide) groups is 1. The summed E-state index contributed by atoms with van der Waals surface area (Å²) in [6.07, 6.45) is 0. The molecule has 0 aliphatic carbocycles. The van der Waals surface area contributed by atoms with E-state index in [9.17, 15) is 9.59 Å². The third-order valence-electron chi connectivity index (χ3n) is 3.76. The summed E-state index contributed by atoms with van der Waals surface area (Å²) in [6, 6.07) is 14.4. The van der Waals surface area contributed by atoms with Crippen molar-refractivity contribution in [2.45, 2.75) is 23.9 Å². The molecular formula is C18H16ClN3O2S. The molecule has 1 aromatic heterocycles. The maximum absolute atomic E-state index is 12.9. The van der Waals surface area contributed by atoms with Gasteiger partial charge in [0.15, 0.2) is 5.16 Å². The lowest BCUT2D eigenvalue weighted by Gasteiger charge is -2.15. The van der Waals surface area contributed by atoms with Crippen molar-refractivity contribution >= 4 is 40.2 Å². The fraction of sp³-hybridized carbons (Fsp3) is 0.167. The van der Waals surface area contributed by atoms with Crippen molar-refractivity contribution in [2.24, 2.45) is 5.73 Å². The third kappa shape index (κ3) is 3.86. The average molecular weight is 374 g/mol. The van der Waals surface area contributed by atoms with Crippen LogP contribution in [0.5, 0.6) is 0 Å². The van der Waals surface area contributed by atoms with Crippen LogP contribution < -0.4 is 11.3 Å². The predicted octanol–water partition coefficient (Wildman–Crippen LogP) is 3.06. The van der Waals surface area contributed by atoms with Crippen LogP contribution in [0, 0.1) is 0 Å². The van der Waals surface area contributed by atoms with E-state index in [1.54, 1.807) is 41.8 Å². The number of hydrogen-bond donors (Lipinski definition) is 1. The Balaban J connectivity index is 2.12. The number of aromatic nitrogens is 2. The molecule has 3 rings (SSSR count). The number of primary amides is 1. The molecule has 0 saturated heterocycles. The second-order valence-electron chi connectivity index (χ2n) is 5.59. The number of nitrogens with zero attached hydrogens (tertiary/aromatic N) is 2. The molecule has 0 fully saturated rings. The van der Waals surface area contributed by atoms with Gasteiger partial charge in [0.25, 0.3) is 5.56 Å². The number of halogens is 1. The smallest absolute Gasteiger partial charge is 0.262 e. The van der Waals surface area contributed by atoms with Crippen LogP contribution in [0.15, 0.2) is 58.5 Å². The zero-order chi connectivity index (χ0) is 18.0. The Labute approximate surface area is 153 Å². The highest BCUT2D eigenvalue weighted by atomic mass is 35.5. The Morgan fingerprint density at radius 2 is 1.92 bits per heavy atom. The Hall–Kier alpha value is -2.31. The zero-order valence-corrected chi connectivity index (χ0v) is 15.1. The first-order valence-electron chi connectivity index (χ1n) is 7.65. The van der Waals surface area contributed by atoms with E-state index < -0.39 is 11.2 Å². The number of rotatable bonds is 5. The largest absolute Gasteiger partial charge is 0.369 e. The van der Waals surface area contributed by atoms with Gasteiger partial charge in [0.1, 0.15) is 0 Å². The highest BCUT2D eigenvalue weighted by Gasteiger charge is 2.17. The van der Waals surface area contributed by atoms with Gasteiger partial charge in [0.2, 0.25) is 5.91 Å². The lowest BCUT2D eigenvalue weighted by Crippen LogP contribution is -2.27. The van der Waals surface area contributed by atoms with Gasteiger partial charge in [-0.25, -0.2) is 4.98 Å². The first-order valence-corrected chi connectivity index (χ1v) is 8.91. The fourth-order valence-electron chi connectivity index (χ4n) is 2.37. The fourth-order valence-corrected chi connectivity index (χ4v) is 3.35. The van der Waals surface area contributed by atoms with Gasteiger partial charge in [-0.15, -0.1) is 0 Å². The number of amides is 1. The van der Waals surface area contributed by atoms with E-state index in [2.05, 4.69) is 4.98 Å². The molecule has 1 amide bonds. The van der Waals surface area contributed by atoms with Crippen molar-refractivity contribution in [3.63, 3.8) is 0 Å². The molecule has 1 heterocycles. The highest BCUT2D eigenvalue weighted by molar-refractivity contribution is 8.00. The topological polar surface area (TPSA) is 78.0 Å². The summed E-state index contributed by atoms with van der Waals surface area (Å²) < 4.78 is 1.57. The van der Waals surface area contributed by atoms with E-state index in [0.29, 0.717) is 27.6 Å². The summed E-state index contributed by atoms with van der Waals surface area (Å²) in [5.74, 6) is -0.453. The molecule has 0 radical (unpaired) electrons. The first-order chi connectivity index (χ1) is 12.0. The summed E-state index contributed by atoms with van der Waals surface area (Å²) in [4.78, 5) is 28.9. The van der Waals surface area contributed by atoms with Crippen LogP contribution in [0.25, 0.3) is 10.9 Å². The normalized spacial score (nSPS) is 12.2. The summed E-state index contributed by atoms with van der Waals surface area (Å²) in [5, 5.41) is 1.13. The van der Waals surface area contributed by atoms with Crippen LogP contribution in [0.2, 0.25) is 5.02 Å². The van der Waals surface area contributed by atoms with Crippen molar-refractivity contribution in [3.8, 4) is 0 Å². The number of carbonyl (C=O) groups excluding carboxylic acids is 1. The zero-order valence-electron chi connectivity index (χ0n) is 13.5. The summed E-state index contributed by atoms with van der Waals surface area (Å²) in [5.41, 5.74) is 6.72. The lowest BCUT2D eigenvalue weighted by molar-refractivity contribution is -0.117. The quantitative estimate of drug-likeness (QED) is 0.550. The van der Waals surface area contributed by atoms with E-state index in [-0.39, 0.29) is 5.56 Å². The molecule has 25 heavy (non-hydrogen) atoms. The van der Waals surface area contributed by atoms with E-state index in [0.717, 1.165) is 5.56 Å². The second-order valence-corrected chi connectivity index (χ2v) is 7.34. The van der Waals surface area contributed by atoms with Crippen LogP contribution in [0.1, 0.15) is 12.5 Å². The van der Waals surface area contributed by atoms with Gasteiger partial charge in [-0.2, -0.15) is 0 Å². The van der Waals surface area contributed by atoms with Crippen LogP contribution in [0.3, 0.4) is 0 Å². The molecule has 2 N–H and O–H groups in total. The third-order valence-corrected chi connectivity index (χ3v) is 5.12. The van der Waals surface area contributed by atoms with Crippen LogP contribution in [-0.2, 0) is 11.3 Å². The van der Waals surface area contributed by atoms with E-state index in [1.165, 1.54) is 11.8 Å². The monoisotopic (exact) mass is 373 g/mol. The first kappa shape index (κ1) is 17.5. The standard InChI is InChI=1S/C18H16ClN3O2S/c1-11(16(20)23)25-18-21-15-5-3-2-4-14(15)17(24)22(18)10-12-6-8-13(19)9-7-12/h2-9,11H,10H2,1H3,(H2,20,23)/t11-/m0/s1. The Morgan fingerprint density at radius 1 is 1.24 bits per heavy atom. The second kappa shape index (κ2) is 7.29. The number of fused-ring (bicyclic) bond motifs is 1. The van der Waals surface area contributed by atoms with Crippen LogP contribution in [-0.4, -0.2) is 20.7 Å². The SMILES string of the molecule is C[C@H](Sc1nc2ccccc2c(=O)n1Cc1ccc(Cl)cc1)C(N)=O. The van der Waals surface area contributed by atoms with Crippen molar-refractivity contribution < 1.29 is 4.79 Å². The van der Waals surface area contributed by atoms with Crippen LogP contribution in [0.4, 0.5) is 0 Å². The molecule has 1 atom stereocenters.